The van der Waals surface area contributed by atoms with E-state index < -0.39 is 12.0 Å². The van der Waals surface area contributed by atoms with E-state index in [9.17, 15) is 14.7 Å². The summed E-state index contributed by atoms with van der Waals surface area (Å²) in [7, 11) is 0. The van der Waals surface area contributed by atoms with Gasteiger partial charge in [0.05, 0.1) is 0 Å². The van der Waals surface area contributed by atoms with Gasteiger partial charge in [-0.15, -0.1) is 0 Å². The van der Waals surface area contributed by atoms with Crippen molar-refractivity contribution in [2.45, 2.75) is 62.5 Å². The van der Waals surface area contributed by atoms with Gasteiger partial charge in [-0.05, 0) is 72.6 Å². The Morgan fingerprint density at radius 1 is 1.09 bits per heavy atom. The van der Waals surface area contributed by atoms with Gasteiger partial charge in [0.25, 0.3) is 5.91 Å². The van der Waals surface area contributed by atoms with E-state index in [2.05, 4.69) is 11.4 Å². The lowest BCUT2D eigenvalue weighted by molar-refractivity contribution is -0.139. The van der Waals surface area contributed by atoms with Crippen LogP contribution in [0.1, 0.15) is 60.0 Å². The highest BCUT2D eigenvalue weighted by Gasteiger charge is 2.23. The molecule has 0 radical (unpaired) electrons. The maximum Gasteiger partial charge on any atom is 0.326 e. The number of amides is 1. The molecule has 1 saturated carbocycles. The lowest BCUT2D eigenvalue weighted by atomic mass is 9.94. The first kappa shape index (κ1) is 24.7. The largest absolute Gasteiger partial charge is 0.480 e. The highest BCUT2D eigenvalue weighted by Crippen LogP contribution is 2.33. The number of hydrogen-bond acceptors (Lipinski definition) is 4. The van der Waals surface area contributed by atoms with Crippen LogP contribution in [0.5, 0.6) is 0 Å². The molecular weight excluding hydrogens is 438 g/mol. The maximum atomic E-state index is 13.2. The number of nitrogens with one attached hydrogen (secondary N) is 1. The number of aliphatic carboxylic acids is 1. The Kier molecular flexibility index (Phi) is 9.54. The summed E-state index contributed by atoms with van der Waals surface area (Å²) in [5.74, 6) is 0.282. The van der Waals surface area contributed by atoms with Crippen LogP contribution < -0.4 is 5.32 Å². The monoisotopic (exact) mass is 471 g/mol. The Morgan fingerprint density at radius 3 is 2.53 bits per heavy atom. The molecule has 4 nitrogen and oxygen atoms in total. The van der Waals surface area contributed by atoms with Crippen molar-refractivity contribution in [3.05, 3.63) is 59.2 Å². The Hall–Kier alpha value is -1.92. The minimum atomic E-state index is -0.995. The van der Waals surface area contributed by atoms with Crippen LogP contribution >= 0.6 is 23.5 Å². The van der Waals surface area contributed by atoms with E-state index in [4.69, 9.17) is 0 Å². The fraction of sp³-hybridized carbons (Fsp3) is 0.462. The summed E-state index contributed by atoms with van der Waals surface area (Å²) < 4.78 is 0. The molecular formula is C26H33NO3S2. The second kappa shape index (κ2) is 12.4. The fourth-order valence-corrected chi connectivity index (χ4v) is 5.90. The predicted octanol–water partition coefficient (Wildman–Crippen LogP) is 6.16. The predicted molar refractivity (Wildman–Crippen MR) is 137 cm³/mol. The summed E-state index contributed by atoms with van der Waals surface area (Å²) >= 11 is 3.59. The van der Waals surface area contributed by atoms with E-state index in [1.54, 1.807) is 11.8 Å². The number of aryl methyl sites for hydroxylation is 1. The van der Waals surface area contributed by atoms with Crippen LogP contribution in [0.25, 0.3) is 11.1 Å². The Bertz CT molecular complexity index is 925. The minimum absolute atomic E-state index is 0.330. The molecule has 2 aromatic carbocycles. The average Bonchev–Trinajstić information content (AvgIpc) is 2.81. The standard InChI is InChI=1S/C26H33NO3S2/c1-18-8-6-7-11-21(18)23-16-19(17-32-20-9-4-3-5-10-20)12-13-22(23)25(28)27-24(26(29)30)14-15-31-2/h6-8,11-13,16,20,24H,3-5,9-10,14-15,17H2,1-2H3,(H,27,28)(H,29,30)/t24-/m0/s1. The minimum Gasteiger partial charge on any atom is -0.480 e. The summed E-state index contributed by atoms with van der Waals surface area (Å²) in [5, 5.41) is 13.0. The molecule has 0 bridgehead atoms. The van der Waals surface area contributed by atoms with E-state index in [-0.39, 0.29) is 5.91 Å². The zero-order valence-electron chi connectivity index (χ0n) is 18.9. The van der Waals surface area contributed by atoms with Gasteiger partial charge in [-0.25, -0.2) is 4.79 Å². The molecule has 1 aliphatic rings. The molecule has 0 saturated heterocycles. The highest BCUT2D eigenvalue weighted by molar-refractivity contribution is 7.99. The number of thioether (sulfide) groups is 2. The van der Waals surface area contributed by atoms with Crippen LogP contribution in [-0.4, -0.2) is 40.3 Å². The van der Waals surface area contributed by atoms with Gasteiger partial charge in [-0.1, -0.05) is 49.6 Å². The summed E-state index contributed by atoms with van der Waals surface area (Å²) in [6.45, 7) is 2.04. The normalized spacial score (nSPS) is 15.3. The van der Waals surface area contributed by atoms with Crippen LogP contribution in [-0.2, 0) is 10.5 Å². The van der Waals surface area contributed by atoms with Gasteiger partial charge in [-0.2, -0.15) is 23.5 Å². The zero-order chi connectivity index (χ0) is 22.9. The van der Waals surface area contributed by atoms with E-state index in [0.29, 0.717) is 17.7 Å². The number of carbonyl (C=O) groups excluding carboxylic acids is 1. The third kappa shape index (κ3) is 6.79. The van der Waals surface area contributed by atoms with Crippen molar-refractivity contribution in [3.63, 3.8) is 0 Å². The number of hydrogen-bond donors (Lipinski definition) is 2. The number of rotatable bonds is 10. The zero-order valence-corrected chi connectivity index (χ0v) is 20.6. The topological polar surface area (TPSA) is 66.4 Å². The van der Waals surface area contributed by atoms with Crippen LogP contribution in [0, 0.1) is 6.92 Å². The van der Waals surface area contributed by atoms with E-state index in [1.165, 1.54) is 37.7 Å². The highest BCUT2D eigenvalue weighted by atomic mass is 32.2. The molecule has 0 unspecified atom stereocenters. The van der Waals surface area contributed by atoms with Crippen LogP contribution in [0.4, 0.5) is 0 Å². The fourth-order valence-electron chi connectivity index (χ4n) is 4.15. The van der Waals surface area contributed by atoms with Gasteiger partial charge >= 0.3 is 5.97 Å². The summed E-state index contributed by atoms with van der Waals surface area (Å²) in [5.41, 5.74) is 4.71. The Labute approximate surface area is 200 Å². The number of carbonyl (C=O) groups is 2. The summed E-state index contributed by atoms with van der Waals surface area (Å²) in [4.78, 5) is 24.8. The number of carboxylic acid groups (broad SMARTS) is 1. The molecule has 6 heteroatoms. The van der Waals surface area contributed by atoms with Crippen molar-refractivity contribution in [1.29, 1.82) is 0 Å². The first-order valence-electron chi connectivity index (χ1n) is 11.3. The molecule has 0 aliphatic heterocycles. The molecule has 1 fully saturated rings. The molecule has 2 aromatic rings. The molecule has 2 N–H and O–H groups in total. The van der Waals surface area contributed by atoms with Crippen molar-refractivity contribution < 1.29 is 14.7 Å². The van der Waals surface area contributed by atoms with Crippen LogP contribution in [0.2, 0.25) is 0 Å². The Morgan fingerprint density at radius 2 is 1.84 bits per heavy atom. The molecule has 1 amide bonds. The van der Waals surface area contributed by atoms with E-state index in [1.807, 2.05) is 61.3 Å². The summed E-state index contributed by atoms with van der Waals surface area (Å²) in [6.07, 6.45) is 8.93. The quantitative estimate of drug-likeness (QED) is 0.434. The van der Waals surface area contributed by atoms with Gasteiger partial charge in [0.1, 0.15) is 6.04 Å². The first-order chi connectivity index (χ1) is 15.5. The maximum absolute atomic E-state index is 13.2. The second-order valence-corrected chi connectivity index (χ2v) is 10.7. The Balaban J connectivity index is 1.86. The lowest BCUT2D eigenvalue weighted by Crippen LogP contribution is -2.41. The van der Waals surface area contributed by atoms with E-state index >= 15 is 0 Å². The van der Waals surface area contributed by atoms with Crippen LogP contribution in [0.15, 0.2) is 42.5 Å². The molecule has 0 heterocycles. The van der Waals surface area contributed by atoms with Gasteiger partial charge in [0.15, 0.2) is 0 Å². The molecule has 172 valence electrons. The van der Waals surface area contributed by atoms with E-state index in [0.717, 1.165) is 27.7 Å². The second-order valence-electron chi connectivity index (χ2n) is 8.41. The molecule has 1 atom stereocenters. The molecule has 3 rings (SSSR count). The van der Waals surface area contributed by atoms with Gasteiger partial charge in [-0.3, -0.25) is 4.79 Å². The average molecular weight is 472 g/mol. The lowest BCUT2D eigenvalue weighted by Gasteiger charge is -2.21. The molecule has 0 spiro atoms. The van der Waals surface area contributed by atoms with Crippen molar-refractivity contribution in [3.8, 4) is 11.1 Å². The SMILES string of the molecule is CSCC[C@H](NC(=O)c1ccc(CSC2CCCCC2)cc1-c1ccccc1C)C(=O)O. The van der Waals surface area contributed by atoms with Crippen molar-refractivity contribution in [2.75, 3.05) is 12.0 Å². The van der Waals surface area contributed by atoms with Gasteiger partial charge in [0, 0.05) is 16.6 Å². The molecule has 1 aliphatic carbocycles. The molecule has 0 aromatic heterocycles. The van der Waals surface area contributed by atoms with Gasteiger partial charge < -0.3 is 10.4 Å². The number of benzene rings is 2. The van der Waals surface area contributed by atoms with Crippen molar-refractivity contribution in [2.24, 2.45) is 0 Å². The third-order valence-corrected chi connectivity index (χ3v) is 8.10. The molecule has 32 heavy (non-hydrogen) atoms. The van der Waals surface area contributed by atoms with Crippen LogP contribution in [0.3, 0.4) is 0 Å². The smallest absolute Gasteiger partial charge is 0.326 e. The number of carboxylic acids is 1. The summed E-state index contributed by atoms with van der Waals surface area (Å²) in [6, 6.07) is 13.1. The van der Waals surface area contributed by atoms with Gasteiger partial charge in [0.2, 0.25) is 0 Å². The third-order valence-electron chi connectivity index (χ3n) is 6.02. The van der Waals surface area contributed by atoms with Crippen molar-refractivity contribution in [1.82, 2.24) is 5.32 Å². The first-order valence-corrected chi connectivity index (χ1v) is 13.8. The van der Waals surface area contributed by atoms with Crippen molar-refractivity contribution >= 4 is 35.4 Å².